The van der Waals surface area contributed by atoms with Gasteiger partial charge >= 0.3 is 0 Å². The third kappa shape index (κ3) is 2.75. The zero-order valence-electron chi connectivity index (χ0n) is 13.3. The lowest BCUT2D eigenvalue weighted by Crippen LogP contribution is -2.25. The molecule has 0 amide bonds. The van der Waals surface area contributed by atoms with Crippen LogP contribution in [0, 0.1) is 5.92 Å². The summed E-state index contributed by atoms with van der Waals surface area (Å²) in [5.74, 6) is 1.84. The second kappa shape index (κ2) is 6.02. The smallest absolute Gasteiger partial charge is 0.114 e. The molecule has 0 atom stereocenters. The summed E-state index contributed by atoms with van der Waals surface area (Å²) in [4.78, 5) is 4.94. The van der Waals surface area contributed by atoms with Crippen LogP contribution in [0.2, 0.25) is 0 Å². The van der Waals surface area contributed by atoms with Crippen LogP contribution >= 0.6 is 0 Å². The van der Waals surface area contributed by atoms with Crippen LogP contribution in [0.3, 0.4) is 0 Å². The molecule has 1 aliphatic heterocycles. The van der Waals surface area contributed by atoms with E-state index in [1.165, 1.54) is 28.5 Å². The van der Waals surface area contributed by atoms with Crippen LogP contribution in [0.25, 0.3) is 5.69 Å². The van der Waals surface area contributed by atoms with Gasteiger partial charge in [0.05, 0.1) is 11.4 Å². The number of nitrogens with one attached hydrogen (secondary N) is 1. The van der Waals surface area contributed by atoms with Gasteiger partial charge in [-0.25, -0.2) is 4.98 Å². The van der Waals surface area contributed by atoms with Crippen molar-refractivity contribution in [2.24, 2.45) is 5.92 Å². The number of fused-ring (bicyclic) bond motifs is 1. The molecule has 2 aromatic rings. The highest BCUT2D eigenvalue weighted by atomic mass is 15.1. The lowest BCUT2D eigenvalue weighted by Gasteiger charge is -2.19. The van der Waals surface area contributed by atoms with Gasteiger partial charge in [0, 0.05) is 31.6 Å². The van der Waals surface area contributed by atoms with Crippen LogP contribution < -0.4 is 5.32 Å². The fraction of sp³-hybridized carbons (Fsp3) is 0.500. The molecular weight excluding hydrogens is 258 g/mol. The van der Waals surface area contributed by atoms with Crippen LogP contribution in [0.1, 0.15) is 43.5 Å². The number of nitrogens with zero attached hydrogens (tertiary/aromatic N) is 2. The molecule has 1 aliphatic rings. The van der Waals surface area contributed by atoms with Crippen molar-refractivity contribution < 1.29 is 0 Å². The standard InChI is InChI=1S/C18H25N3/c1-4-14-7-5-6-8-16(14)21-17-9-10-19-12-15(17)20-18(21)11-13(2)3/h5-8,13,19H,4,9-12H2,1-3H3. The molecule has 21 heavy (non-hydrogen) atoms. The van der Waals surface area contributed by atoms with E-state index in [0.29, 0.717) is 5.92 Å². The van der Waals surface area contributed by atoms with Crippen LogP contribution in [-0.2, 0) is 25.8 Å². The summed E-state index contributed by atoms with van der Waals surface area (Å²) in [6.45, 7) is 8.71. The van der Waals surface area contributed by atoms with Crippen molar-refractivity contribution in [1.29, 1.82) is 0 Å². The van der Waals surface area contributed by atoms with Gasteiger partial charge in [-0.2, -0.15) is 0 Å². The number of benzene rings is 1. The lowest BCUT2D eigenvalue weighted by atomic mass is 10.1. The predicted octanol–water partition coefficient (Wildman–Crippen LogP) is 3.28. The molecular formula is C18H25N3. The van der Waals surface area contributed by atoms with Crippen LogP contribution in [-0.4, -0.2) is 16.1 Å². The van der Waals surface area contributed by atoms with E-state index in [4.69, 9.17) is 4.98 Å². The minimum absolute atomic E-state index is 0.620. The Kier molecular flexibility index (Phi) is 4.11. The van der Waals surface area contributed by atoms with Crippen LogP contribution in [0.15, 0.2) is 24.3 Å². The van der Waals surface area contributed by atoms with Crippen molar-refractivity contribution in [2.45, 2.75) is 46.6 Å². The first-order chi connectivity index (χ1) is 10.2. The Balaban J connectivity index is 2.17. The average molecular weight is 283 g/mol. The number of hydrogen-bond donors (Lipinski definition) is 1. The summed E-state index contributed by atoms with van der Waals surface area (Å²) < 4.78 is 2.44. The molecule has 0 radical (unpaired) electrons. The highest BCUT2D eigenvalue weighted by Gasteiger charge is 2.22. The highest BCUT2D eigenvalue weighted by Crippen LogP contribution is 2.25. The third-order valence-corrected chi connectivity index (χ3v) is 4.16. The first-order valence-electron chi connectivity index (χ1n) is 8.09. The van der Waals surface area contributed by atoms with Crippen molar-refractivity contribution in [3.8, 4) is 5.69 Å². The first-order valence-corrected chi connectivity index (χ1v) is 8.09. The number of hydrogen-bond acceptors (Lipinski definition) is 2. The van der Waals surface area contributed by atoms with Gasteiger partial charge in [0.1, 0.15) is 5.82 Å². The molecule has 0 saturated heterocycles. The van der Waals surface area contributed by atoms with E-state index in [1.54, 1.807) is 0 Å². The zero-order valence-corrected chi connectivity index (χ0v) is 13.3. The summed E-state index contributed by atoms with van der Waals surface area (Å²) in [5, 5.41) is 3.44. The molecule has 0 spiro atoms. The summed E-state index contributed by atoms with van der Waals surface area (Å²) in [6.07, 6.45) is 3.16. The summed E-state index contributed by atoms with van der Waals surface area (Å²) in [6, 6.07) is 8.76. The van der Waals surface area contributed by atoms with Crippen molar-refractivity contribution >= 4 is 0 Å². The van der Waals surface area contributed by atoms with E-state index in [-0.39, 0.29) is 0 Å². The van der Waals surface area contributed by atoms with E-state index >= 15 is 0 Å². The van der Waals surface area contributed by atoms with Gasteiger partial charge in [-0.3, -0.25) is 0 Å². The van der Waals surface area contributed by atoms with Gasteiger partial charge in [-0.1, -0.05) is 39.0 Å². The normalized spacial score (nSPS) is 14.5. The molecule has 1 aromatic carbocycles. The number of imidazole rings is 1. The fourth-order valence-corrected chi connectivity index (χ4v) is 3.18. The van der Waals surface area contributed by atoms with E-state index in [9.17, 15) is 0 Å². The third-order valence-electron chi connectivity index (χ3n) is 4.16. The summed E-state index contributed by atoms with van der Waals surface area (Å²) >= 11 is 0. The van der Waals surface area contributed by atoms with E-state index in [2.05, 4.69) is 54.9 Å². The number of aryl methyl sites for hydroxylation is 1. The minimum Gasteiger partial charge on any atom is -0.311 e. The Hall–Kier alpha value is -1.61. The highest BCUT2D eigenvalue weighted by molar-refractivity contribution is 5.45. The lowest BCUT2D eigenvalue weighted by molar-refractivity contribution is 0.607. The molecule has 1 N–H and O–H groups in total. The SMILES string of the molecule is CCc1ccccc1-n1c(CC(C)C)nc2c1CCNC2. The quantitative estimate of drug-likeness (QED) is 0.933. The number of para-hydroxylation sites is 1. The Bertz CT molecular complexity index is 625. The summed E-state index contributed by atoms with van der Waals surface area (Å²) in [7, 11) is 0. The van der Waals surface area contributed by atoms with Crippen molar-refractivity contribution in [3.05, 3.63) is 47.0 Å². The van der Waals surface area contributed by atoms with E-state index < -0.39 is 0 Å². The molecule has 112 valence electrons. The van der Waals surface area contributed by atoms with E-state index in [0.717, 1.165) is 32.4 Å². The Labute approximate surface area is 127 Å². The van der Waals surface area contributed by atoms with E-state index in [1.807, 2.05) is 0 Å². The number of aromatic nitrogens is 2. The Morgan fingerprint density at radius 1 is 1.29 bits per heavy atom. The van der Waals surface area contributed by atoms with Gasteiger partial charge in [0.2, 0.25) is 0 Å². The number of rotatable bonds is 4. The molecule has 3 rings (SSSR count). The van der Waals surface area contributed by atoms with Gasteiger partial charge < -0.3 is 9.88 Å². The Morgan fingerprint density at radius 3 is 2.86 bits per heavy atom. The zero-order chi connectivity index (χ0) is 14.8. The first kappa shape index (κ1) is 14.3. The fourth-order valence-electron chi connectivity index (χ4n) is 3.18. The minimum atomic E-state index is 0.620. The maximum Gasteiger partial charge on any atom is 0.114 e. The van der Waals surface area contributed by atoms with Crippen LogP contribution in [0.5, 0.6) is 0 Å². The molecule has 3 nitrogen and oxygen atoms in total. The molecule has 0 bridgehead atoms. The topological polar surface area (TPSA) is 29.9 Å². The largest absolute Gasteiger partial charge is 0.311 e. The predicted molar refractivity (Wildman–Crippen MR) is 86.9 cm³/mol. The average Bonchev–Trinajstić information content (AvgIpc) is 2.84. The van der Waals surface area contributed by atoms with Crippen molar-refractivity contribution in [1.82, 2.24) is 14.9 Å². The molecule has 1 aromatic heterocycles. The molecule has 0 fully saturated rings. The molecule has 3 heteroatoms. The van der Waals surface area contributed by atoms with Crippen molar-refractivity contribution in [2.75, 3.05) is 6.54 Å². The van der Waals surface area contributed by atoms with Crippen LogP contribution in [0.4, 0.5) is 0 Å². The second-order valence-corrected chi connectivity index (χ2v) is 6.26. The maximum absolute atomic E-state index is 4.94. The summed E-state index contributed by atoms with van der Waals surface area (Å²) in [5.41, 5.74) is 5.38. The van der Waals surface area contributed by atoms with Gasteiger partial charge in [0.15, 0.2) is 0 Å². The molecule has 0 saturated carbocycles. The van der Waals surface area contributed by atoms with Gasteiger partial charge in [-0.15, -0.1) is 0 Å². The van der Waals surface area contributed by atoms with Gasteiger partial charge in [-0.05, 0) is 24.0 Å². The monoisotopic (exact) mass is 283 g/mol. The Morgan fingerprint density at radius 2 is 2.10 bits per heavy atom. The van der Waals surface area contributed by atoms with Gasteiger partial charge in [0.25, 0.3) is 0 Å². The maximum atomic E-state index is 4.94. The molecule has 0 unspecified atom stereocenters. The molecule has 0 aliphatic carbocycles. The molecule has 2 heterocycles. The van der Waals surface area contributed by atoms with Crippen molar-refractivity contribution in [3.63, 3.8) is 0 Å². The second-order valence-electron chi connectivity index (χ2n) is 6.26.